The third-order valence-corrected chi connectivity index (χ3v) is 6.33. The van der Waals surface area contributed by atoms with Crippen LogP contribution >= 0.6 is 0 Å². The van der Waals surface area contributed by atoms with Gasteiger partial charge in [0.15, 0.2) is 20.6 Å². The van der Waals surface area contributed by atoms with E-state index in [-0.39, 0.29) is 18.7 Å². The highest BCUT2D eigenvalue weighted by Crippen LogP contribution is 2.26. The maximum absolute atomic E-state index is 10.5. The Balaban J connectivity index is 1.89. The van der Waals surface area contributed by atoms with E-state index in [2.05, 4.69) is 11.8 Å². The minimum Gasteiger partial charge on any atom is -0.400 e. The SMILES string of the molecule is [B]NC(CC(N)[C@H](C)OC1OC([C@@H](C)O)C(O)C(O)C1N)[C@@H](O)COC1OC(C(=C)N)C(O)C1O. The minimum absolute atomic E-state index is 0.0214. The highest BCUT2D eigenvalue weighted by Gasteiger charge is 2.46. The van der Waals surface area contributed by atoms with E-state index in [4.69, 9.17) is 44.1 Å². The fourth-order valence-electron chi connectivity index (χ4n) is 3.96. The first kappa shape index (κ1) is 30.3. The Labute approximate surface area is 205 Å². The second-order valence-electron chi connectivity index (χ2n) is 9.16. The summed E-state index contributed by atoms with van der Waals surface area (Å²) in [6.45, 7) is 6.17. The van der Waals surface area contributed by atoms with Crippen LogP contribution in [0, 0.1) is 0 Å². The Hall–Kier alpha value is -0.915. The molecule has 13 N–H and O–H groups in total. The van der Waals surface area contributed by atoms with Crippen LogP contribution in [0.4, 0.5) is 0 Å². The van der Waals surface area contributed by atoms with Crippen molar-refractivity contribution in [3.8, 4) is 0 Å². The molecular weight excluding hydrogens is 467 g/mol. The van der Waals surface area contributed by atoms with Crippen LogP contribution in [0.15, 0.2) is 12.3 Å². The van der Waals surface area contributed by atoms with Crippen molar-refractivity contribution >= 4 is 7.98 Å². The first-order valence-electron chi connectivity index (χ1n) is 11.4. The average molecular weight is 506 g/mol. The quantitative estimate of drug-likeness (QED) is 0.111. The Morgan fingerprint density at radius 2 is 1.69 bits per heavy atom. The Morgan fingerprint density at radius 3 is 2.20 bits per heavy atom. The zero-order chi connectivity index (χ0) is 26.6. The molecule has 2 heterocycles. The zero-order valence-electron chi connectivity index (χ0n) is 19.8. The number of hydrogen-bond donors (Lipinski definition) is 10. The molecule has 14 nitrogen and oxygen atoms in total. The van der Waals surface area contributed by atoms with Gasteiger partial charge in [0.05, 0.1) is 31.0 Å². The highest BCUT2D eigenvalue weighted by molar-refractivity contribution is 6.04. The monoisotopic (exact) mass is 506 g/mol. The molecule has 15 heteroatoms. The molecule has 35 heavy (non-hydrogen) atoms. The topological polar surface area (TPSA) is 248 Å². The lowest BCUT2D eigenvalue weighted by Gasteiger charge is -2.43. The molecular formula is C20H39BN4O10. The number of rotatable bonds is 12. The first-order chi connectivity index (χ1) is 16.3. The standard InChI is InChI=1S/C20H39BN4O10/c1-6(22)17-15(30)16(31)20(34-17)32-5-11(27)10(25-21)4-9(23)8(3)33-19-12(24)13(28)14(29)18(35-19)7(2)26/h7-20,25-31H,1,4-5,22-24H2,2-3H3/t7-,8+,9?,10?,11+,12?,13?,14?,15?,16?,17?,18?,19?,20?/m1/s1. The van der Waals surface area contributed by atoms with Gasteiger partial charge in [-0.25, -0.2) is 0 Å². The van der Waals surface area contributed by atoms with Crippen molar-refractivity contribution in [2.45, 2.75) is 106 Å². The van der Waals surface area contributed by atoms with Gasteiger partial charge in [-0.05, 0) is 20.3 Å². The third kappa shape index (κ3) is 7.32. The van der Waals surface area contributed by atoms with Gasteiger partial charge in [-0.2, -0.15) is 0 Å². The third-order valence-electron chi connectivity index (χ3n) is 6.33. The highest BCUT2D eigenvalue weighted by atomic mass is 16.7. The van der Waals surface area contributed by atoms with Crippen molar-refractivity contribution in [2.75, 3.05) is 6.61 Å². The smallest absolute Gasteiger partial charge is 0.187 e. The molecule has 2 fully saturated rings. The molecule has 0 aromatic heterocycles. The lowest BCUT2D eigenvalue weighted by atomic mass is 9.94. The van der Waals surface area contributed by atoms with Gasteiger partial charge in [0, 0.05) is 17.8 Å². The average Bonchev–Trinajstić information content (AvgIpc) is 3.09. The fraction of sp³-hybridized carbons (Fsp3) is 0.900. The number of nitrogens with two attached hydrogens (primary N) is 3. The van der Waals surface area contributed by atoms with E-state index in [0.717, 1.165) is 0 Å². The lowest BCUT2D eigenvalue weighted by Crippen LogP contribution is -2.64. The molecule has 2 saturated heterocycles. The summed E-state index contributed by atoms with van der Waals surface area (Å²) in [4.78, 5) is 0. The van der Waals surface area contributed by atoms with Crippen LogP contribution in [0.2, 0.25) is 0 Å². The molecule has 202 valence electrons. The predicted octanol–water partition coefficient (Wildman–Crippen LogP) is -5.40. The normalized spacial score (nSPS) is 40.1. The maximum Gasteiger partial charge on any atom is 0.187 e. The summed E-state index contributed by atoms with van der Waals surface area (Å²) in [6, 6.07) is -2.59. The summed E-state index contributed by atoms with van der Waals surface area (Å²) in [5, 5.41) is 63.0. The van der Waals surface area contributed by atoms with Crippen molar-refractivity contribution in [1.29, 1.82) is 0 Å². The van der Waals surface area contributed by atoms with Gasteiger partial charge in [-0.3, -0.25) is 0 Å². The van der Waals surface area contributed by atoms with Gasteiger partial charge in [0.1, 0.15) is 36.6 Å². The summed E-state index contributed by atoms with van der Waals surface area (Å²) >= 11 is 0. The lowest BCUT2D eigenvalue weighted by molar-refractivity contribution is -0.286. The molecule has 0 aromatic rings. The van der Waals surface area contributed by atoms with Crippen LogP contribution in [0.5, 0.6) is 0 Å². The molecule has 11 unspecified atom stereocenters. The molecule has 2 rings (SSSR count). The van der Waals surface area contributed by atoms with Gasteiger partial charge in [0.25, 0.3) is 0 Å². The van der Waals surface area contributed by atoms with E-state index in [1.54, 1.807) is 6.92 Å². The molecule has 14 atom stereocenters. The summed E-state index contributed by atoms with van der Waals surface area (Å²) in [5.41, 5.74) is 17.7. The Morgan fingerprint density at radius 1 is 1.06 bits per heavy atom. The van der Waals surface area contributed by atoms with E-state index in [1.807, 2.05) is 0 Å². The zero-order valence-corrected chi connectivity index (χ0v) is 19.8. The molecule has 2 aliphatic heterocycles. The molecule has 0 bridgehead atoms. The maximum atomic E-state index is 10.5. The van der Waals surface area contributed by atoms with E-state index >= 15 is 0 Å². The van der Waals surface area contributed by atoms with E-state index in [0.29, 0.717) is 0 Å². The number of nitrogens with one attached hydrogen (secondary N) is 1. The van der Waals surface area contributed by atoms with Gasteiger partial charge >= 0.3 is 0 Å². The van der Waals surface area contributed by atoms with E-state index < -0.39 is 85.6 Å². The molecule has 0 aromatic carbocycles. The van der Waals surface area contributed by atoms with E-state index in [9.17, 15) is 30.6 Å². The molecule has 0 amide bonds. The van der Waals surface area contributed by atoms with Crippen LogP contribution in [-0.4, -0.2) is 131 Å². The Bertz CT molecular complexity index is 682. The number of aliphatic hydroxyl groups is 6. The van der Waals surface area contributed by atoms with Crippen molar-refractivity contribution < 1.29 is 49.6 Å². The number of hydrogen-bond acceptors (Lipinski definition) is 14. The van der Waals surface area contributed by atoms with E-state index in [1.165, 1.54) is 6.92 Å². The molecule has 2 radical (unpaired) electrons. The predicted molar refractivity (Wildman–Crippen MR) is 122 cm³/mol. The van der Waals surface area contributed by atoms with Crippen LogP contribution in [0.25, 0.3) is 0 Å². The first-order valence-corrected chi connectivity index (χ1v) is 11.4. The van der Waals surface area contributed by atoms with Crippen molar-refractivity contribution in [1.82, 2.24) is 5.23 Å². The van der Waals surface area contributed by atoms with Crippen LogP contribution < -0.4 is 22.4 Å². The van der Waals surface area contributed by atoms with Gasteiger partial charge in [-0.1, -0.05) is 6.58 Å². The van der Waals surface area contributed by atoms with Crippen molar-refractivity contribution in [3.05, 3.63) is 12.3 Å². The van der Waals surface area contributed by atoms with Crippen LogP contribution in [0.3, 0.4) is 0 Å². The molecule has 2 aliphatic rings. The summed E-state index contributed by atoms with van der Waals surface area (Å²) in [6.07, 6.45) is -12.9. The van der Waals surface area contributed by atoms with Crippen molar-refractivity contribution in [2.24, 2.45) is 17.2 Å². The molecule has 0 saturated carbocycles. The number of aliphatic hydroxyl groups excluding tert-OH is 6. The second kappa shape index (κ2) is 13.1. The molecule has 0 spiro atoms. The van der Waals surface area contributed by atoms with Crippen LogP contribution in [-0.2, 0) is 18.9 Å². The van der Waals surface area contributed by atoms with Crippen molar-refractivity contribution in [3.63, 3.8) is 0 Å². The van der Waals surface area contributed by atoms with Crippen LogP contribution in [0.1, 0.15) is 20.3 Å². The summed E-state index contributed by atoms with van der Waals surface area (Å²) in [5.74, 6) is 0. The minimum atomic E-state index is -1.40. The van der Waals surface area contributed by atoms with Gasteiger partial charge < -0.3 is 72.0 Å². The fourth-order valence-corrected chi connectivity index (χ4v) is 3.96. The second-order valence-corrected chi connectivity index (χ2v) is 9.16. The Kier molecular flexibility index (Phi) is 11.3. The van der Waals surface area contributed by atoms with Gasteiger partial charge in [0.2, 0.25) is 0 Å². The summed E-state index contributed by atoms with van der Waals surface area (Å²) in [7, 11) is 5.56. The molecule has 0 aliphatic carbocycles. The van der Waals surface area contributed by atoms with Gasteiger partial charge in [-0.15, -0.1) is 0 Å². The largest absolute Gasteiger partial charge is 0.400 e. The summed E-state index contributed by atoms with van der Waals surface area (Å²) < 4.78 is 22.0. The number of ether oxygens (including phenoxy) is 4.